The van der Waals surface area contributed by atoms with Gasteiger partial charge in [0.25, 0.3) is 0 Å². The molecule has 0 bridgehead atoms. The lowest BCUT2D eigenvalue weighted by Gasteiger charge is -2.29. The van der Waals surface area contributed by atoms with Gasteiger partial charge in [-0.3, -0.25) is 19.2 Å². The number of rotatable bonds is 13. The maximum atomic E-state index is 13.8. The summed E-state index contributed by atoms with van der Waals surface area (Å²) in [5.74, 6) is -2.16. The molecule has 12 nitrogen and oxygen atoms in total. The molecule has 2 aromatic heterocycles. The molecule has 0 saturated carbocycles. The van der Waals surface area contributed by atoms with Crippen molar-refractivity contribution in [1.82, 2.24) is 20.5 Å². The summed E-state index contributed by atoms with van der Waals surface area (Å²) in [6.07, 6.45) is 3.43. The summed E-state index contributed by atoms with van der Waals surface area (Å²) < 4.78 is 5.43. The number of fused-ring (bicyclic) bond motifs is 1. The molecule has 12 heteroatoms. The molecule has 4 rings (SSSR count). The Morgan fingerprint density at radius 2 is 1.70 bits per heavy atom. The van der Waals surface area contributed by atoms with E-state index in [4.69, 9.17) is 15.9 Å². The number of aromatic hydroxyl groups is 1. The number of para-hydroxylation sites is 1. The molecular formula is C34H40N6O6. The fourth-order valence-electron chi connectivity index (χ4n) is 5.42. The number of nitrogens with two attached hydrogens (primary N) is 2. The highest BCUT2D eigenvalue weighted by molar-refractivity contribution is 5.96. The van der Waals surface area contributed by atoms with Crippen LogP contribution in [0.2, 0.25) is 0 Å². The van der Waals surface area contributed by atoms with Gasteiger partial charge in [-0.25, -0.2) is 0 Å². The maximum Gasteiger partial charge on any atom is 0.246 e. The van der Waals surface area contributed by atoms with Gasteiger partial charge < -0.3 is 41.5 Å². The number of benzene rings is 2. The van der Waals surface area contributed by atoms with Crippen LogP contribution >= 0.6 is 0 Å². The number of furan rings is 1. The smallest absolute Gasteiger partial charge is 0.246 e. The zero-order chi connectivity index (χ0) is 33.7. The highest BCUT2D eigenvalue weighted by Gasteiger charge is 2.33. The number of nitrogens with one attached hydrogen (secondary N) is 3. The second-order valence-electron chi connectivity index (χ2n) is 11.5. The van der Waals surface area contributed by atoms with E-state index >= 15 is 0 Å². The molecule has 8 N–H and O–H groups in total. The van der Waals surface area contributed by atoms with Crippen LogP contribution in [0.25, 0.3) is 10.9 Å². The van der Waals surface area contributed by atoms with Crippen molar-refractivity contribution in [1.29, 1.82) is 0 Å². The van der Waals surface area contributed by atoms with E-state index in [1.807, 2.05) is 38.1 Å². The van der Waals surface area contributed by atoms with Crippen molar-refractivity contribution in [2.75, 3.05) is 7.05 Å². The summed E-state index contributed by atoms with van der Waals surface area (Å²) in [4.78, 5) is 57.2. The van der Waals surface area contributed by atoms with Crippen molar-refractivity contribution >= 4 is 34.5 Å². The zero-order valence-corrected chi connectivity index (χ0v) is 26.3. The van der Waals surface area contributed by atoms with Crippen LogP contribution in [0.3, 0.4) is 0 Å². The average Bonchev–Trinajstić information content (AvgIpc) is 3.70. The molecule has 4 aromatic rings. The van der Waals surface area contributed by atoms with E-state index in [9.17, 15) is 24.3 Å². The van der Waals surface area contributed by atoms with Crippen molar-refractivity contribution in [3.05, 3.63) is 101 Å². The molecule has 4 atom stereocenters. The molecule has 0 spiro atoms. The Labute approximate surface area is 266 Å². The minimum absolute atomic E-state index is 0.0822. The molecule has 2 unspecified atom stereocenters. The standard InChI is InChI=1S/C34H40N6O6/c1-18-13-23(41)14-19(2)25(18)16-26(35)34(45)40(5)21(4)32(43)38-28(15-22-17-37-27-10-7-6-9-24(22)27)33(44)39-30(20(3)31(36)42)29-11-8-12-46-29/h6-14,17,21,26,28,30,37,41H,3,15-16,35H2,1-2,4-5H3,(H2,36,42)(H,38,43)(H,39,44)/t21-,26?,28+,30?/m1/s1. The number of amides is 4. The lowest BCUT2D eigenvalue weighted by atomic mass is 9.95. The predicted molar refractivity (Wildman–Crippen MR) is 173 cm³/mol. The Morgan fingerprint density at radius 3 is 2.33 bits per heavy atom. The Bertz CT molecular complexity index is 1740. The SMILES string of the molecule is C=C(C(N)=O)C(NC(=O)[C@H](Cc1c[nH]c2ccccc12)NC(=O)[C@@H](C)N(C)C(=O)C(N)Cc1c(C)cc(O)cc1C)c1ccco1. The Kier molecular flexibility index (Phi) is 10.3. The maximum absolute atomic E-state index is 13.8. The number of aryl methyl sites for hydroxylation is 2. The van der Waals surface area contributed by atoms with Gasteiger partial charge in [0.05, 0.1) is 12.3 Å². The first-order chi connectivity index (χ1) is 21.8. The number of aromatic amines is 1. The van der Waals surface area contributed by atoms with Crippen LogP contribution < -0.4 is 22.1 Å². The lowest BCUT2D eigenvalue weighted by molar-refractivity contribution is -0.140. The molecule has 0 aliphatic rings. The van der Waals surface area contributed by atoms with Gasteiger partial charge in [0, 0.05) is 36.1 Å². The van der Waals surface area contributed by atoms with E-state index in [1.54, 1.807) is 30.5 Å². The van der Waals surface area contributed by atoms with E-state index in [0.29, 0.717) is 0 Å². The zero-order valence-electron chi connectivity index (χ0n) is 26.3. The van der Waals surface area contributed by atoms with Crippen LogP contribution in [0.1, 0.15) is 41.0 Å². The van der Waals surface area contributed by atoms with Gasteiger partial charge in [-0.2, -0.15) is 0 Å². The first-order valence-electron chi connectivity index (χ1n) is 14.8. The highest BCUT2D eigenvalue weighted by Crippen LogP contribution is 2.24. The van der Waals surface area contributed by atoms with Crippen molar-refractivity contribution in [2.24, 2.45) is 11.5 Å². The molecule has 0 fully saturated rings. The molecule has 2 aromatic carbocycles. The van der Waals surface area contributed by atoms with Crippen molar-refractivity contribution in [2.45, 2.75) is 57.8 Å². The number of hydrogen-bond acceptors (Lipinski definition) is 7. The summed E-state index contributed by atoms with van der Waals surface area (Å²) >= 11 is 0. The Hall–Kier alpha value is -5.36. The summed E-state index contributed by atoms with van der Waals surface area (Å²) in [7, 11) is 1.47. The number of phenols is 1. The van der Waals surface area contributed by atoms with Crippen molar-refractivity contribution < 1.29 is 28.7 Å². The minimum atomic E-state index is -1.13. The van der Waals surface area contributed by atoms with Gasteiger partial charge in [-0.15, -0.1) is 0 Å². The topological polar surface area (TPSA) is 197 Å². The third kappa shape index (κ3) is 7.46. The number of primary amides is 1. The Morgan fingerprint density at radius 1 is 1.02 bits per heavy atom. The Balaban J connectivity index is 1.55. The fourth-order valence-corrected chi connectivity index (χ4v) is 5.42. The summed E-state index contributed by atoms with van der Waals surface area (Å²) in [6.45, 7) is 8.92. The number of hydrogen-bond donors (Lipinski definition) is 6. The molecule has 0 aliphatic carbocycles. The third-order valence-electron chi connectivity index (χ3n) is 8.24. The minimum Gasteiger partial charge on any atom is -0.508 e. The number of aromatic nitrogens is 1. The number of carbonyl (C=O) groups excluding carboxylic acids is 4. The molecule has 0 saturated heterocycles. The van der Waals surface area contributed by atoms with E-state index in [2.05, 4.69) is 22.2 Å². The van der Waals surface area contributed by atoms with Gasteiger partial charge in [-0.05, 0) is 79.8 Å². The van der Waals surface area contributed by atoms with Crippen LogP contribution in [0.15, 0.2) is 77.6 Å². The van der Waals surface area contributed by atoms with Gasteiger partial charge in [0.1, 0.15) is 29.6 Å². The molecule has 0 radical (unpaired) electrons. The van der Waals surface area contributed by atoms with Crippen LogP contribution in [0.5, 0.6) is 5.75 Å². The van der Waals surface area contributed by atoms with E-state index in [1.165, 1.54) is 25.1 Å². The molecule has 242 valence electrons. The van der Waals surface area contributed by atoms with Crippen molar-refractivity contribution in [3.8, 4) is 5.75 Å². The predicted octanol–water partition coefficient (Wildman–Crippen LogP) is 2.43. The van der Waals surface area contributed by atoms with Gasteiger partial charge in [-0.1, -0.05) is 24.8 Å². The molecule has 46 heavy (non-hydrogen) atoms. The number of likely N-dealkylation sites (N-methyl/N-ethyl adjacent to an activating group) is 1. The molecular weight excluding hydrogens is 588 g/mol. The largest absolute Gasteiger partial charge is 0.508 e. The summed E-state index contributed by atoms with van der Waals surface area (Å²) in [5.41, 5.74) is 15.7. The van der Waals surface area contributed by atoms with Gasteiger partial charge in [0.15, 0.2) is 0 Å². The second-order valence-corrected chi connectivity index (χ2v) is 11.5. The number of carbonyl (C=O) groups is 4. The van der Waals surface area contributed by atoms with Gasteiger partial charge in [0.2, 0.25) is 23.6 Å². The number of H-pyrrole nitrogens is 1. The molecule has 0 aliphatic heterocycles. The normalized spacial score (nSPS) is 13.8. The molecule has 4 amide bonds. The first-order valence-corrected chi connectivity index (χ1v) is 14.8. The summed E-state index contributed by atoms with van der Waals surface area (Å²) in [5, 5.41) is 16.3. The third-order valence-corrected chi connectivity index (χ3v) is 8.24. The van der Waals surface area contributed by atoms with Crippen molar-refractivity contribution in [3.63, 3.8) is 0 Å². The van der Waals surface area contributed by atoms with Gasteiger partial charge >= 0.3 is 0 Å². The van der Waals surface area contributed by atoms with Crippen LogP contribution in [-0.4, -0.2) is 63.8 Å². The lowest BCUT2D eigenvalue weighted by Crippen LogP contribution is -2.56. The van der Waals surface area contributed by atoms with Crippen LogP contribution in [0, 0.1) is 13.8 Å². The second kappa shape index (κ2) is 14.2. The number of phenolic OH excluding ortho intramolecular Hbond substituents is 1. The quantitative estimate of drug-likeness (QED) is 0.122. The highest BCUT2D eigenvalue weighted by atomic mass is 16.3. The van der Waals surface area contributed by atoms with Crippen LogP contribution in [0.4, 0.5) is 0 Å². The summed E-state index contributed by atoms with van der Waals surface area (Å²) in [6, 6.07) is 9.74. The number of nitrogens with zero attached hydrogens (tertiary/aromatic N) is 1. The van der Waals surface area contributed by atoms with Crippen LogP contribution in [-0.2, 0) is 32.0 Å². The van der Waals surface area contributed by atoms with E-state index < -0.39 is 47.8 Å². The fraction of sp³-hybridized carbons (Fsp3) is 0.294. The van der Waals surface area contributed by atoms with E-state index in [-0.39, 0.29) is 29.9 Å². The van der Waals surface area contributed by atoms with E-state index in [0.717, 1.165) is 33.2 Å². The molecule has 2 heterocycles. The first kappa shape index (κ1) is 33.5. The average molecular weight is 629 g/mol. The monoisotopic (exact) mass is 628 g/mol.